The Balaban J connectivity index is 1.96. The summed E-state index contributed by atoms with van der Waals surface area (Å²) in [6.07, 6.45) is -4.11. The second kappa shape index (κ2) is 6.67. The summed E-state index contributed by atoms with van der Waals surface area (Å²) in [4.78, 5) is 24.3. The predicted octanol–water partition coefficient (Wildman–Crippen LogP) is 2.17. The number of halogens is 3. The molecule has 1 aliphatic heterocycles. The minimum absolute atomic E-state index is 0.00816. The molecular formula is C14H15F3N2O3. The first kappa shape index (κ1) is 16.1. The topological polar surface area (TPSA) is 58.6 Å². The largest absolute Gasteiger partial charge is 0.486 e. The molecule has 0 unspecified atom stereocenters. The quantitative estimate of drug-likeness (QED) is 0.818. The van der Waals surface area contributed by atoms with E-state index in [1.807, 2.05) is 0 Å². The van der Waals surface area contributed by atoms with E-state index >= 15 is 0 Å². The molecule has 1 aromatic carbocycles. The van der Waals surface area contributed by atoms with E-state index in [2.05, 4.69) is 5.32 Å². The summed E-state index contributed by atoms with van der Waals surface area (Å²) in [6, 6.07) is 3.73. The highest BCUT2D eigenvalue weighted by Gasteiger charge is 2.40. The Labute approximate surface area is 125 Å². The molecule has 0 saturated carbocycles. The van der Waals surface area contributed by atoms with Gasteiger partial charge in [-0.05, 0) is 19.1 Å². The summed E-state index contributed by atoms with van der Waals surface area (Å²) in [5, 5.41) is 2.19. The molecule has 22 heavy (non-hydrogen) atoms. The summed E-state index contributed by atoms with van der Waals surface area (Å²) < 4.78 is 43.4. The minimum atomic E-state index is -2.69. The van der Waals surface area contributed by atoms with Crippen molar-refractivity contribution in [2.75, 3.05) is 6.54 Å². The maximum atomic E-state index is 13.5. The maximum Gasteiger partial charge on any atom is 0.324 e. The van der Waals surface area contributed by atoms with Crippen LogP contribution in [0.15, 0.2) is 24.3 Å². The minimum Gasteiger partial charge on any atom is -0.486 e. The van der Waals surface area contributed by atoms with Crippen molar-refractivity contribution < 1.29 is 27.5 Å². The van der Waals surface area contributed by atoms with Crippen molar-refractivity contribution in [3.63, 3.8) is 0 Å². The van der Waals surface area contributed by atoms with Crippen LogP contribution in [0, 0.1) is 5.82 Å². The Morgan fingerprint density at radius 1 is 1.32 bits per heavy atom. The third-order valence-electron chi connectivity index (χ3n) is 3.13. The van der Waals surface area contributed by atoms with E-state index in [1.54, 1.807) is 13.0 Å². The molecule has 2 atom stereocenters. The number of alkyl halides is 2. The molecule has 5 nitrogen and oxygen atoms in total. The summed E-state index contributed by atoms with van der Waals surface area (Å²) >= 11 is 0. The number of rotatable bonds is 6. The average molecular weight is 316 g/mol. The third-order valence-corrected chi connectivity index (χ3v) is 3.13. The number of nitrogens with one attached hydrogen (secondary N) is 1. The fourth-order valence-electron chi connectivity index (χ4n) is 2.14. The number of amides is 3. The highest BCUT2D eigenvalue weighted by molar-refractivity contribution is 6.04. The van der Waals surface area contributed by atoms with Crippen molar-refractivity contribution >= 4 is 11.9 Å². The summed E-state index contributed by atoms with van der Waals surface area (Å²) in [6.45, 7) is 1.40. The lowest BCUT2D eigenvalue weighted by Gasteiger charge is -2.20. The molecule has 0 aromatic heterocycles. The van der Waals surface area contributed by atoms with Gasteiger partial charge in [0.25, 0.3) is 5.91 Å². The van der Waals surface area contributed by atoms with E-state index in [-0.39, 0.29) is 12.3 Å². The van der Waals surface area contributed by atoms with Gasteiger partial charge in [-0.25, -0.2) is 18.0 Å². The van der Waals surface area contributed by atoms with Crippen molar-refractivity contribution in [1.82, 2.24) is 10.2 Å². The summed E-state index contributed by atoms with van der Waals surface area (Å²) in [5.41, 5.74) is 0. The first-order chi connectivity index (χ1) is 10.4. The first-order valence-corrected chi connectivity index (χ1v) is 6.69. The molecular weight excluding hydrogens is 301 g/mol. The van der Waals surface area contributed by atoms with E-state index in [4.69, 9.17) is 4.74 Å². The van der Waals surface area contributed by atoms with Crippen LogP contribution in [0.1, 0.15) is 13.3 Å². The smallest absolute Gasteiger partial charge is 0.324 e. The zero-order valence-electron chi connectivity index (χ0n) is 11.8. The van der Waals surface area contributed by atoms with Crippen LogP contribution in [0.4, 0.5) is 18.0 Å². The van der Waals surface area contributed by atoms with E-state index in [0.29, 0.717) is 0 Å². The van der Waals surface area contributed by atoms with Crippen molar-refractivity contribution in [2.24, 2.45) is 0 Å². The van der Waals surface area contributed by atoms with Gasteiger partial charge in [0.15, 0.2) is 11.6 Å². The zero-order chi connectivity index (χ0) is 16.3. The highest BCUT2D eigenvalue weighted by Crippen LogP contribution is 2.19. The second-order valence-electron chi connectivity index (χ2n) is 4.94. The number of urea groups is 1. The number of carbonyl (C=O) groups excluding carboxylic acids is 2. The molecule has 120 valence electrons. The van der Waals surface area contributed by atoms with Crippen LogP contribution in [0.2, 0.25) is 0 Å². The van der Waals surface area contributed by atoms with Crippen molar-refractivity contribution in [3.8, 4) is 5.75 Å². The van der Waals surface area contributed by atoms with Gasteiger partial charge in [-0.1, -0.05) is 12.1 Å². The molecule has 0 radical (unpaired) electrons. The molecule has 1 fully saturated rings. The fraction of sp³-hybridized carbons (Fsp3) is 0.429. The van der Waals surface area contributed by atoms with Crippen molar-refractivity contribution in [3.05, 3.63) is 30.1 Å². The maximum absolute atomic E-state index is 13.5. The number of benzene rings is 1. The van der Waals surface area contributed by atoms with Gasteiger partial charge in [0.05, 0.1) is 6.54 Å². The number of hydrogen-bond donors (Lipinski definition) is 1. The summed E-state index contributed by atoms with van der Waals surface area (Å²) in [5.74, 6) is -1.30. The van der Waals surface area contributed by atoms with Crippen LogP contribution in [0.5, 0.6) is 5.75 Å². The van der Waals surface area contributed by atoms with Crippen LogP contribution in [-0.4, -0.2) is 42.0 Å². The first-order valence-electron chi connectivity index (χ1n) is 6.69. The Kier molecular flexibility index (Phi) is 4.89. The van der Waals surface area contributed by atoms with Crippen LogP contribution in [0.3, 0.4) is 0 Å². The predicted molar refractivity (Wildman–Crippen MR) is 71.1 cm³/mol. The molecule has 2 rings (SSSR count). The second-order valence-corrected chi connectivity index (χ2v) is 4.94. The van der Waals surface area contributed by atoms with Crippen LogP contribution in [0.25, 0.3) is 0 Å². The molecule has 1 heterocycles. The van der Waals surface area contributed by atoms with Gasteiger partial charge >= 0.3 is 6.03 Å². The molecule has 1 aromatic rings. The Hall–Kier alpha value is -2.25. The molecule has 8 heteroatoms. The van der Waals surface area contributed by atoms with Crippen molar-refractivity contribution in [1.29, 1.82) is 0 Å². The van der Waals surface area contributed by atoms with Gasteiger partial charge in [-0.3, -0.25) is 9.69 Å². The lowest BCUT2D eigenvalue weighted by molar-refractivity contribution is -0.129. The van der Waals surface area contributed by atoms with Gasteiger partial charge < -0.3 is 10.1 Å². The number of ether oxygens (including phenoxy) is 1. The number of nitrogens with zero attached hydrogens (tertiary/aromatic N) is 1. The average Bonchev–Trinajstić information content (AvgIpc) is 2.68. The van der Waals surface area contributed by atoms with Gasteiger partial charge in [-0.15, -0.1) is 0 Å². The zero-order valence-corrected chi connectivity index (χ0v) is 11.8. The molecule has 0 bridgehead atoms. The lowest BCUT2D eigenvalue weighted by atomic mass is 10.2. The molecule has 3 amide bonds. The van der Waals surface area contributed by atoms with E-state index in [1.165, 1.54) is 18.2 Å². The van der Waals surface area contributed by atoms with Gasteiger partial charge in [0.2, 0.25) is 6.43 Å². The number of hydrogen-bond acceptors (Lipinski definition) is 3. The fourth-order valence-corrected chi connectivity index (χ4v) is 2.14. The number of carbonyl (C=O) groups is 2. The Bertz CT molecular complexity index is 568. The molecule has 1 aliphatic rings. The van der Waals surface area contributed by atoms with Crippen molar-refractivity contribution in [2.45, 2.75) is 31.9 Å². The third kappa shape index (κ3) is 3.69. The number of para-hydroxylation sites is 1. The van der Waals surface area contributed by atoms with Crippen LogP contribution in [-0.2, 0) is 4.79 Å². The summed E-state index contributed by atoms with van der Waals surface area (Å²) in [7, 11) is 0. The molecule has 1 saturated heterocycles. The highest BCUT2D eigenvalue weighted by atomic mass is 19.3. The van der Waals surface area contributed by atoms with E-state index in [9.17, 15) is 22.8 Å². The molecule has 1 N–H and O–H groups in total. The normalized spacial score (nSPS) is 19.5. The lowest BCUT2D eigenvalue weighted by Crippen LogP contribution is -2.39. The van der Waals surface area contributed by atoms with Gasteiger partial charge in [-0.2, -0.15) is 0 Å². The molecule has 0 aliphatic carbocycles. The van der Waals surface area contributed by atoms with Crippen LogP contribution >= 0.6 is 0 Å². The van der Waals surface area contributed by atoms with E-state index < -0.39 is 42.7 Å². The Morgan fingerprint density at radius 2 is 2.00 bits per heavy atom. The van der Waals surface area contributed by atoms with Crippen LogP contribution < -0.4 is 10.1 Å². The monoisotopic (exact) mass is 316 g/mol. The van der Waals surface area contributed by atoms with E-state index in [0.717, 1.165) is 4.90 Å². The standard InChI is InChI=1S/C14H15F3N2O3/c1-8(22-11-5-3-2-4-9(11)15)7-19-13(20)10(6-12(16)17)18-14(19)21/h2-5,8,10,12H,6-7H2,1H3,(H,18,21)/t8-,10-/m0/s1. The Morgan fingerprint density at radius 3 is 2.64 bits per heavy atom. The SMILES string of the molecule is C[C@@H](CN1C(=O)N[C@@H](CC(F)F)C1=O)Oc1ccccc1F. The van der Waals surface area contributed by atoms with Gasteiger partial charge in [0.1, 0.15) is 12.1 Å². The molecule has 0 spiro atoms. The number of imide groups is 1. The van der Waals surface area contributed by atoms with Gasteiger partial charge in [0, 0.05) is 6.42 Å².